The van der Waals surface area contributed by atoms with Crippen molar-refractivity contribution in [2.24, 2.45) is 0 Å². The highest BCUT2D eigenvalue weighted by molar-refractivity contribution is 6.58. The van der Waals surface area contributed by atoms with Gasteiger partial charge in [0.25, 0.3) is 5.69 Å². The number of rotatable bonds is 3. The number of non-ortho nitro benzene ring substituents is 1. The summed E-state index contributed by atoms with van der Waals surface area (Å²) < 4.78 is 38.9. The van der Waals surface area contributed by atoms with E-state index in [1.165, 1.54) is 19.2 Å². The molecule has 4 rings (SSSR count). The fraction of sp³-hybridized carbons (Fsp3) is 0.250. The lowest BCUT2D eigenvalue weighted by Crippen LogP contribution is -2.51. The number of nitro benzene ring substituents is 1. The molecule has 0 N–H and O–H groups in total. The number of hydrogen-bond donors (Lipinski definition) is 0. The van der Waals surface area contributed by atoms with Crippen LogP contribution in [0.25, 0.3) is 5.57 Å². The van der Waals surface area contributed by atoms with Crippen molar-refractivity contribution in [3.05, 3.63) is 74.2 Å². The van der Waals surface area contributed by atoms with Gasteiger partial charge in [-0.25, -0.2) is 0 Å². The highest BCUT2D eigenvalue weighted by Gasteiger charge is 2.55. The molecule has 0 bridgehead atoms. The third-order valence-electron chi connectivity index (χ3n) is 5.60. The molecule has 6 nitrogen and oxygen atoms in total. The van der Waals surface area contributed by atoms with E-state index in [0.29, 0.717) is 45.1 Å². The van der Waals surface area contributed by atoms with Gasteiger partial charge < -0.3 is 22.3 Å². The minimum absolute atomic E-state index is 0.122. The summed E-state index contributed by atoms with van der Waals surface area (Å²) in [5.41, 5.74) is 4.15. The molecule has 0 amide bonds. The molecule has 0 spiro atoms. The summed E-state index contributed by atoms with van der Waals surface area (Å²) >= 11 is 0. The van der Waals surface area contributed by atoms with E-state index < -0.39 is 11.9 Å². The SMILES string of the molecule is COc1cc([N+](=O)[O-])ccc1C1=C2C(C)=CC(C)=[N+]2[B-](F)(F)n2c(C)cc(C)c21. The maximum atomic E-state index is 15.6. The van der Waals surface area contributed by atoms with Crippen LogP contribution in [0, 0.1) is 24.0 Å². The van der Waals surface area contributed by atoms with Crippen LogP contribution in [0.5, 0.6) is 5.75 Å². The van der Waals surface area contributed by atoms with Crippen molar-refractivity contribution in [3.63, 3.8) is 0 Å². The van der Waals surface area contributed by atoms with Crippen molar-refractivity contribution in [2.75, 3.05) is 7.11 Å². The molecule has 0 unspecified atom stereocenters. The van der Waals surface area contributed by atoms with Gasteiger partial charge in [0.05, 0.1) is 23.7 Å². The Bertz CT molecular complexity index is 1190. The monoisotopic (exact) mass is 399 g/mol. The van der Waals surface area contributed by atoms with Gasteiger partial charge in [-0.3, -0.25) is 10.1 Å². The largest absolute Gasteiger partial charge is 0.737 e. The molecule has 0 atom stereocenters. The third-order valence-corrected chi connectivity index (χ3v) is 5.60. The number of ether oxygens (including phenoxy) is 1. The van der Waals surface area contributed by atoms with E-state index in [2.05, 4.69) is 0 Å². The summed E-state index contributed by atoms with van der Waals surface area (Å²) in [5.74, 6) is 0.265. The second kappa shape index (κ2) is 6.14. The lowest BCUT2D eigenvalue weighted by molar-refractivity contribution is -0.385. The summed E-state index contributed by atoms with van der Waals surface area (Å²) in [5, 5.41) is 11.2. The van der Waals surface area contributed by atoms with E-state index >= 15 is 8.63 Å². The highest BCUT2D eigenvalue weighted by Crippen LogP contribution is 2.46. The first-order chi connectivity index (χ1) is 13.6. The first-order valence-electron chi connectivity index (χ1n) is 9.19. The Balaban J connectivity index is 2.15. The molecule has 0 aliphatic carbocycles. The number of aryl methyl sites for hydroxylation is 2. The van der Waals surface area contributed by atoms with Crippen molar-refractivity contribution in [3.8, 4) is 5.75 Å². The Kier molecular flexibility index (Phi) is 4.04. The number of allylic oxidation sites excluding steroid dienone is 2. The quantitative estimate of drug-likeness (QED) is 0.435. The van der Waals surface area contributed by atoms with Gasteiger partial charge in [0.15, 0.2) is 5.70 Å². The van der Waals surface area contributed by atoms with Crippen LogP contribution in [0.4, 0.5) is 14.3 Å². The first kappa shape index (κ1) is 19.1. The Morgan fingerprint density at radius 2 is 1.86 bits per heavy atom. The molecule has 9 heteroatoms. The Morgan fingerprint density at radius 1 is 1.17 bits per heavy atom. The van der Waals surface area contributed by atoms with Crippen LogP contribution < -0.4 is 4.74 Å². The molecule has 2 aliphatic rings. The number of nitro groups is 1. The summed E-state index contributed by atoms with van der Waals surface area (Å²) in [7, 11) is 1.42. The molecule has 0 saturated carbocycles. The van der Waals surface area contributed by atoms with Gasteiger partial charge in [-0.1, -0.05) is 0 Å². The first-order valence-corrected chi connectivity index (χ1v) is 9.19. The Hall–Kier alpha value is -3.23. The van der Waals surface area contributed by atoms with Crippen LogP contribution in [0.1, 0.15) is 36.4 Å². The summed E-state index contributed by atoms with van der Waals surface area (Å²) in [6.45, 7) is 2.84. The molecular formula is C20H20BF2N3O3. The maximum Gasteiger partial charge on any atom is 0.737 e. The van der Waals surface area contributed by atoms with E-state index in [-0.39, 0.29) is 11.4 Å². The fourth-order valence-electron chi connectivity index (χ4n) is 4.55. The second-order valence-corrected chi connectivity index (χ2v) is 7.48. The zero-order valence-corrected chi connectivity index (χ0v) is 16.8. The van der Waals surface area contributed by atoms with Gasteiger partial charge >= 0.3 is 6.97 Å². The number of nitrogens with zero attached hydrogens (tertiary/aromatic N) is 3. The number of methoxy groups -OCH3 is 1. The fourth-order valence-corrected chi connectivity index (χ4v) is 4.55. The molecule has 1 aromatic carbocycles. The Labute approximate surface area is 166 Å². The maximum absolute atomic E-state index is 15.6. The molecule has 0 saturated heterocycles. The molecule has 2 aromatic rings. The molecule has 0 radical (unpaired) electrons. The summed E-state index contributed by atoms with van der Waals surface area (Å²) in [4.78, 5) is 10.7. The van der Waals surface area contributed by atoms with Crippen LogP contribution in [0.15, 0.2) is 41.6 Å². The predicted molar refractivity (Wildman–Crippen MR) is 108 cm³/mol. The van der Waals surface area contributed by atoms with Crippen LogP contribution in [-0.2, 0) is 0 Å². The number of fused-ring (bicyclic) bond motifs is 2. The second-order valence-electron chi connectivity index (χ2n) is 7.48. The van der Waals surface area contributed by atoms with Crippen molar-refractivity contribution < 1.29 is 22.8 Å². The van der Waals surface area contributed by atoms with Crippen molar-refractivity contribution >= 4 is 23.9 Å². The van der Waals surface area contributed by atoms with Crippen LogP contribution >= 0.6 is 0 Å². The number of halogens is 2. The predicted octanol–water partition coefficient (Wildman–Crippen LogP) is 4.45. The van der Waals surface area contributed by atoms with Crippen molar-refractivity contribution in [1.29, 1.82) is 0 Å². The van der Waals surface area contributed by atoms with E-state index in [1.54, 1.807) is 45.9 Å². The van der Waals surface area contributed by atoms with E-state index in [0.717, 1.165) is 8.96 Å². The average molecular weight is 399 g/mol. The molecule has 0 fully saturated rings. The smallest absolute Gasteiger partial charge is 0.496 e. The molecule has 150 valence electrons. The van der Waals surface area contributed by atoms with Gasteiger partial charge in [-0.2, -0.15) is 0 Å². The standard InChI is InChI=1S/C20H20BF2N3O3/c1-11-8-13(3)24-19(11)18(16-7-6-15(26(27)28)10-17(16)29-5)20-12(2)9-14(4)25(20)21(24,22)23/h6-10H,1-5H3. The normalized spacial score (nSPS) is 17.3. The van der Waals surface area contributed by atoms with Crippen LogP contribution in [-0.4, -0.2) is 33.7 Å². The average Bonchev–Trinajstić information content (AvgIpc) is 3.11. The van der Waals surface area contributed by atoms with Gasteiger partial charge in [0.1, 0.15) is 11.5 Å². The number of aromatic nitrogens is 1. The Morgan fingerprint density at radius 3 is 2.48 bits per heavy atom. The van der Waals surface area contributed by atoms with E-state index in [1.807, 2.05) is 0 Å². The number of hydrogen-bond acceptors (Lipinski definition) is 3. The minimum Gasteiger partial charge on any atom is -0.496 e. The molecule has 29 heavy (non-hydrogen) atoms. The third kappa shape index (κ3) is 2.49. The van der Waals surface area contributed by atoms with E-state index in [4.69, 9.17) is 4.74 Å². The van der Waals surface area contributed by atoms with Gasteiger partial charge in [0, 0.05) is 35.9 Å². The topological polar surface area (TPSA) is 60.3 Å². The van der Waals surface area contributed by atoms with Crippen LogP contribution in [0.3, 0.4) is 0 Å². The highest BCUT2D eigenvalue weighted by atomic mass is 19.2. The number of benzene rings is 1. The molecular weight excluding hydrogens is 379 g/mol. The zero-order chi connectivity index (χ0) is 21.2. The van der Waals surface area contributed by atoms with Gasteiger partial charge in [0.2, 0.25) is 0 Å². The summed E-state index contributed by atoms with van der Waals surface area (Å²) in [6.07, 6.45) is 1.74. The molecule has 1 aromatic heterocycles. The van der Waals surface area contributed by atoms with Crippen LogP contribution in [0.2, 0.25) is 0 Å². The lowest BCUT2D eigenvalue weighted by atomic mass is 9.83. The minimum atomic E-state index is -4.07. The zero-order valence-electron chi connectivity index (χ0n) is 16.8. The van der Waals surface area contributed by atoms with Gasteiger partial charge in [-0.15, -0.1) is 0 Å². The van der Waals surface area contributed by atoms with Crippen molar-refractivity contribution in [2.45, 2.75) is 27.7 Å². The summed E-state index contributed by atoms with van der Waals surface area (Å²) in [6, 6.07) is 6.00. The molecule has 2 aliphatic heterocycles. The van der Waals surface area contributed by atoms with Crippen molar-refractivity contribution in [1.82, 2.24) is 4.48 Å². The lowest BCUT2D eigenvalue weighted by Gasteiger charge is -2.34. The molecule has 3 heterocycles. The van der Waals surface area contributed by atoms with E-state index in [9.17, 15) is 10.1 Å². The van der Waals surface area contributed by atoms with Gasteiger partial charge in [-0.05, 0) is 44.2 Å².